The molecule has 0 aliphatic rings. The molecule has 1 aromatic rings. The number of carbonyl (C=O) groups excluding carboxylic acids is 1. The van der Waals surface area contributed by atoms with Crippen molar-refractivity contribution in [1.29, 1.82) is 0 Å². The molecule has 0 saturated carbocycles. The van der Waals surface area contributed by atoms with Crippen LogP contribution in [-0.2, 0) is 9.08 Å². The summed E-state index contributed by atoms with van der Waals surface area (Å²) < 4.78 is 4.47. The Labute approximate surface area is 96.0 Å². The average Bonchev–Trinajstić information content (AvgIpc) is 2.19. The topological polar surface area (TPSA) is 26.3 Å². The predicted octanol–water partition coefficient (Wildman–Crippen LogP) is 2.59. The lowest BCUT2D eigenvalue weighted by Gasteiger charge is -2.22. The zero-order valence-electron chi connectivity index (χ0n) is 9.53. The largest absolute Gasteiger partial charge is 0.348 e. The third-order valence-electron chi connectivity index (χ3n) is 1.64. The Kier molecular flexibility index (Phi) is 5.97. The predicted molar refractivity (Wildman–Crippen MR) is 63.6 cm³/mol. The maximum Gasteiger partial charge on any atom is 0.321 e. The monoisotopic (exact) mass is 230 g/mol. The molecule has 1 aromatic carbocycles. The maximum atomic E-state index is 9.46. The lowest BCUT2D eigenvalue weighted by Crippen LogP contribution is -2.34. The molecule has 0 heterocycles. The first-order valence-electron chi connectivity index (χ1n) is 4.54. The first kappa shape index (κ1) is 13.9. The number of benzene rings is 1. The third-order valence-corrected chi connectivity index (χ3v) is 1.86. The summed E-state index contributed by atoms with van der Waals surface area (Å²) in [5.41, 5.74) is 1.34. The summed E-state index contributed by atoms with van der Waals surface area (Å²) in [6, 6.07) is 10.5. The van der Waals surface area contributed by atoms with Crippen molar-refractivity contribution in [3.63, 3.8) is 0 Å². The highest BCUT2D eigenvalue weighted by atomic mass is 35.5. The number of rotatable bonds is 1. The van der Waals surface area contributed by atoms with E-state index in [1.54, 1.807) is 0 Å². The van der Waals surface area contributed by atoms with E-state index in [2.05, 4.69) is 61.6 Å². The van der Waals surface area contributed by atoms with Gasteiger partial charge in [0.1, 0.15) is 17.6 Å². The van der Waals surface area contributed by atoms with Crippen LogP contribution in [0.1, 0.15) is 6.92 Å². The standard InChI is InChI=1S/C9H14N.C2H3ClO2/c1-10(2,3)9-7-5-4-6-8-9;1-2(4)5-3/h4-8H,1-3H3;1H3/q+1;. The van der Waals surface area contributed by atoms with Crippen LogP contribution in [-0.4, -0.2) is 27.1 Å². The molecule has 0 unspecified atom stereocenters. The molecule has 0 aliphatic carbocycles. The highest BCUT2D eigenvalue weighted by Gasteiger charge is 2.08. The Bertz CT molecular complexity index is 293. The Balaban J connectivity index is 0.000000336. The van der Waals surface area contributed by atoms with Crippen LogP contribution in [0.3, 0.4) is 0 Å². The normalized spacial score (nSPS) is 9.93. The minimum absolute atomic E-state index is 0.480. The molecule has 0 radical (unpaired) electrons. The van der Waals surface area contributed by atoms with E-state index in [-0.39, 0.29) is 0 Å². The van der Waals surface area contributed by atoms with E-state index in [1.807, 2.05) is 6.07 Å². The Morgan fingerprint density at radius 2 is 1.60 bits per heavy atom. The van der Waals surface area contributed by atoms with Gasteiger partial charge >= 0.3 is 5.97 Å². The fraction of sp³-hybridized carbons (Fsp3) is 0.364. The number of hydrogen-bond donors (Lipinski definition) is 0. The first-order chi connectivity index (χ1) is 6.88. The third kappa shape index (κ3) is 6.94. The molecule has 0 bridgehead atoms. The summed E-state index contributed by atoms with van der Waals surface area (Å²) in [5.74, 6) is -0.480. The number of hydrogen-bond acceptors (Lipinski definition) is 2. The number of nitrogens with zero attached hydrogens (tertiary/aromatic N) is 1. The van der Waals surface area contributed by atoms with Gasteiger partial charge in [0.25, 0.3) is 0 Å². The molecule has 0 saturated heterocycles. The average molecular weight is 231 g/mol. The van der Waals surface area contributed by atoms with Gasteiger partial charge in [0.2, 0.25) is 0 Å². The van der Waals surface area contributed by atoms with Gasteiger partial charge in [-0.15, -0.1) is 0 Å². The van der Waals surface area contributed by atoms with Crippen LogP contribution in [0.4, 0.5) is 5.69 Å². The highest BCUT2D eigenvalue weighted by molar-refractivity contribution is 6.12. The van der Waals surface area contributed by atoms with E-state index in [1.165, 1.54) is 12.6 Å². The van der Waals surface area contributed by atoms with Crippen molar-refractivity contribution in [2.45, 2.75) is 6.92 Å². The zero-order chi connectivity index (χ0) is 11.9. The van der Waals surface area contributed by atoms with Gasteiger partial charge in [-0.05, 0) is 12.1 Å². The second-order valence-electron chi connectivity index (χ2n) is 3.92. The van der Waals surface area contributed by atoms with Crippen molar-refractivity contribution in [2.24, 2.45) is 0 Å². The SMILES string of the molecule is CC(=O)OCl.C[N+](C)(C)c1ccccc1. The lowest BCUT2D eigenvalue weighted by atomic mass is 10.3. The second kappa shape index (κ2) is 6.43. The van der Waals surface area contributed by atoms with E-state index < -0.39 is 5.97 Å². The molecule has 84 valence electrons. The molecule has 0 fully saturated rings. The van der Waals surface area contributed by atoms with E-state index in [0.29, 0.717) is 0 Å². The minimum Gasteiger partial charge on any atom is -0.348 e. The molecular weight excluding hydrogens is 214 g/mol. The molecule has 0 aliphatic heterocycles. The Morgan fingerprint density at radius 1 is 1.20 bits per heavy atom. The summed E-state index contributed by atoms with van der Waals surface area (Å²) >= 11 is 4.49. The Hall–Kier alpha value is -1.06. The molecule has 0 amide bonds. The quantitative estimate of drug-likeness (QED) is 0.694. The van der Waals surface area contributed by atoms with Crippen molar-refractivity contribution < 1.29 is 9.08 Å². The van der Waals surface area contributed by atoms with E-state index in [0.717, 1.165) is 4.48 Å². The second-order valence-corrected chi connectivity index (χ2v) is 4.07. The molecule has 0 spiro atoms. The first-order valence-corrected chi connectivity index (χ1v) is 4.85. The van der Waals surface area contributed by atoms with Crippen molar-refractivity contribution in [1.82, 2.24) is 4.48 Å². The maximum absolute atomic E-state index is 9.46. The van der Waals surface area contributed by atoms with Crippen LogP contribution < -0.4 is 4.48 Å². The number of para-hydroxylation sites is 1. The molecule has 0 aromatic heterocycles. The van der Waals surface area contributed by atoms with Gasteiger partial charge in [0.05, 0.1) is 21.1 Å². The molecule has 1 rings (SSSR count). The summed E-state index contributed by atoms with van der Waals surface area (Å²) in [6.45, 7) is 1.23. The van der Waals surface area contributed by atoms with Crippen molar-refractivity contribution >= 4 is 23.5 Å². The fourth-order valence-electron chi connectivity index (χ4n) is 0.875. The molecule has 15 heavy (non-hydrogen) atoms. The van der Waals surface area contributed by atoms with E-state index in [4.69, 9.17) is 0 Å². The van der Waals surface area contributed by atoms with E-state index >= 15 is 0 Å². The number of quaternary nitrogens is 1. The van der Waals surface area contributed by atoms with E-state index in [9.17, 15) is 4.79 Å². The smallest absolute Gasteiger partial charge is 0.321 e. The molecule has 0 N–H and O–H groups in total. The number of halogens is 1. The summed E-state index contributed by atoms with van der Waals surface area (Å²) in [6.07, 6.45) is 0. The molecule has 3 nitrogen and oxygen atoms in total. The van der Waals surface area contributed by atoms with Crippen LogP contribution in [0.2, 0.25) is 0 Å². The van der Waals surface area contributed by atoms with Crippen molar-refractivity contribution in [3.8, 4) is 0 Å². The number of carbonyl (C=O) groups is 1. The van der Waals surface area contributed by atoms with Crippen LogP contribution in [0, 0.1) is 0 Å². The van der Waals surface area contributed by atoms with Crippen LogP contribution in [0.15, 0.2) is 30.3 Å². The van der Waals surface area contributed by atoms with Crippen molar-refractivity contribution in [2.75, 3.05) is 21.1 Å². The highest BCUT2D eigenvalue weighted by Crippen LogP contribution is 2.14. The van der Waals surface area contributed by atoms with Gasteiger partial charge in [-0.1, -0.05) is 18.2 Å². The molecular formula is C11H17ClNO2+. The van der Waals surface area contributed by atoms with Gasteiger partial charge in [-0.2, -0.15) is 0 Å². The summed E-state index contributed by atoms with van der Waals surface area (Å²) in [7, 11) is 6.49. The fourth-order valence-corrected chi connectivity index (χ4v) is 0.875. The lowest BCUT2D eigenvalue weighted by molar-refractivity contribution is -0.131. The zero-order valence-corrected chi connectivity index (χ0v) is 10.3. The molecule has 4 heteroatoms. The van der Waals surface area contributed by atoms with Gasteiger partial charge in [0, 0.05) is 6.92 Å². The van der Waals surface area contributed by atoms with Gasteiger partial charge in [-0.3, -0.25) is 9.28 Å². The summed E-state index contributed by atoms with van der Waals surface area (Å²) in [5, 5.41) is 0. The molecule has 0 atom stereocenters. The van der Waals surface area contributed by atoms with Crippen LogP contribution in [0.25, 0.3) is 0 Å². The van der Waals surface area contributed by atoms with Crippen molar-refractivity contribution in [3.05, 3.63) is 30.3 Å². The van der Waals surface area contributed by atoms with Gasteiger partial charge in [-0.25, -0.2) is 0 Å². The minimum atomic E-state index is -0.480. The van der Waals surface area contributed by atoms with Crippen LogP contribution in [0.5, 0.6) is 0 Å². The Morgan fingerprint density at radius 3 is 1.80 bits per heavy atom. The van der Waals surface area contributed by atoms with Gasteiger partial charge < -0.3 is 4.29 Å². The van der Waals surface area contributed by atoms with Crippen LogP contribution >= 0.6 is 11.9 Å². The summed E-state index contributed by atoms with van der Waals surface area (Å²) in [4.78, 5) is 9.46. The van der Waals surface area contributed by atoms with Gasteiger partial charge in [0.15, 0.2) is 0 Å².